The fourth-order valence-electron chi connectivity index (χ4n) is 2.78. The van der Waals surface area contributed by atoms with Gasteiger partial charge in [-0.3, -0.25) is 4.79 Å². The van der Waals surface area contributed by atoms with Crippen molar-refractivity contribution in [1.29, 1.82) is 0 Å². The van der Waals surface area contributed by atoms with Gasteiger partial charge in [-0.15, -0.1) is 5.10 Å². The highest BCUT2D eigenvalue weighted by Crippen LogP contribution is 2.34. The Morgan fingerprint density at radius 2 is 2.10 bits per heavy atom. The molecule has 1 aliphatic rings. The van der Waals surface area contributed by atoms with Crippen LogP contribution in [0.5, 0.6) is 0 Å². The number of aromatic nitrogens is 4. The smallest absolute Gasteiger partial charge is 0.248 e. The van der Waals surface area contributed by atoms with Crippen LogP contribution in [0.15, 0.2) is 6.33 Å². The van der Waals surface area contributed by atoms with Gasteiger partial charge in [0.15, 0.2) is 0 Å². The van der Waals surface area contributed by atoms with Gasteiger partial charge in [0.2, 0.25) is 5.91 Å². The maximum absolute atomic E-state index is 12.8. The molecule has 1 aromatic rings. The topological polar surface area (TPSA) is 92.9 Å². The van der Waals surface area contributed by atoms with Crippen molar-refractivity contribution >= 4 is 5.91 Å². The number of nitrogens with one attached hydrogen (secondary N) is 1. The maximum atomic E-state index is 12.8. The molecule has 0 radical (unpaired) electrons. The lowest BCUT2D eigenvalue weighted by Crippen LogP contribution is -2.54. The first-order chi connectivity index (χ1) is 9.60. The van der Waals surface area contributed by atoms with Crippen molar-refractivity contribution in [3.63, 3.8) is 0 Å². The number of nitrogens with zero attached hydrogens (tertiary/aromatic N) is 4. The second kappa shape index (κ2) is 6.30. The third-order valence-electron chi connectivity index (χ3n) is 4.21. The van der Waals surface area contributed by atoms with Gasteiger partial charge in [-0.05, 0) is 29.2 Å². The van der Waals surface area contributed by atoms with Crippen LogP contribution in [-0.2, 0) is 10.3 Å². The highest BCUT2D eigenvalue weighted by Gasteiger charge is 2.43. The minimum absolute atomic E-state index is 0.0604. The first-order valence-electron chi connectivity index (χ1n) is 7.25. The van der Waals surface area contributed by atoms with Gasteiger partial charge in [0, 0.05) is 0 Å². The molecule has 0 unspecified atom stereocenters. The second-order valence-corrected chi connectivity index (χ2v) is 5.85. The summed E-state index contributed by atoms with van der Waals surface area (Å²) in [6.45, 7) is 3.90. The summed E-state index contributed by atoms with van der Waals surface area (Å²) in [7, 11) is 0. The van der Waals surface area contributed by atoms with E-state index in [-0.39, 0.29) is 24.5 Å². The first kappa shape index (κ1) is 14.9. The molecule has 1 amide bonds. The Labute approximate surface area is 118 Å². The zero-order valence-corrected chi connectivity index (χ0v) is 12.1. The number of hydrogen-bond acceptors (Lipinski definition) is 5. The van der Waals surface area contributed by atoms with E-state index in [9.17, 15) is 9.90 Å². The lowest BCUT2D eigenvalue weighted by atomic mass is 9.80. The lowest BCUT2D eigenvalue weighted by Gasteiger charge is -2.36. The second-order valence-electron chi connectivity index (χ2n) is 5.85. The van der Waals surface area contributed by atoms with Gasteiger partial charge in [-0.2, -0.15) is 0 Å². The summed E-state index contributed by atoms with van der Waals surface area (Å²) in [6, 6.07) is -0.238. The van der Waals surface area contributed by atoms with E-state index in [4.69, 9.17) is 0 Å². The Balaban J connectivity index is 2.21. The van der Waals surface area contributed by atoms with Crippen molar-refractivity contribution in [2.75, 3.05) is 6.61 Å². The average molecular weight is 281 g/mol. The molecule has 7 nitrogen and oxygen atoms in total. The van der Waals surface area contributed by atoms with Crippen LogP contribution in [0.2, 0.25) is 0 Å². The van der Waals surface area contributed by atoms with Crippen molar-refractivity contribution < 1.29 is 9.90 Å². The summed E-state index contributed by atoms with van der Waals surface area (Å²) < 4.78 is 1.58. The van der Waals surface area contributed by atoms with Crippen LogP contribution < -0.4 is 5.32 Å². The van der Waals surface area contributed by atoms with E-state index >= 15 is 0 Å². The van der Waals surface area contributed by atoms with Crippen LogP contribution in [-0.4, -0.2) is 43.9 Å². The summed E-state index contributed by atoms with van der Waals surface area (Å²) in [6.07, 6.45) is 6.08. The molecule has 20 heavy (non-hydrogen) atoms. The number of aliphatic hydroxyl groups excluding tert-OH is 1. The van der Waals surface area contributed by atoms with Gasteiger partial charge >= 0.3 is 0 Å². The van der Waals surface area contributed by atoms with Crippen LogP contribution in [0.1, 0.15) is 46.0 Å². The third kappa shape index (κ3) is 2.82. The summed E-state index contributed by atoms with van der Waals surface area (Å²) in [5.41, 5.74) is -0.704. The molecule has 0 aliphatic heterocycles. The fraction of sp³-hybridized carbons (Fsp3) is 0.846. The molecule has 1 aliphatic carbocycles. The number of amides is 1. The van der Waals surface area contributed by atoms with E-state index in [0.29, 0.717) is 0 Å². The van der Waals surface area contributed by atoms with Crippen molar-refractivity contribution in [3.8, 4) is 0 Å². The average Bonchev–Trinajstić information content (AvgIpc) is 2.99. The van der Waals surface area contributed by atoms with E-state index in [0.717, 1.165) is 32.1 Å². The zero-order chi connectivity index (χ0) is 14.6. The molecule has 2 N–H and O–H groups in total. The van der Waals surface area contributed by atoms with Gasteiger partial charge in [0.1, 0.15) is 11.9 Å². The quantitative estimate of drug-likeness (QED) is 0.818. The SMILES string of the molecule is CC(C)[C@H](CO)NC(=O)C1(n2cnnn2)CCCCC1. The van der Waals surface area contributed by atoms with E-state index in [2.05, 4.69) is 20.8 Å². The van der Waals surface area contributed by atoms with Gasteiger partial charge in [0.25, 0.3) is 0 Å². The van der Waals surface area contributed by atoms with Crippen molar-refractivity contribution in [1.82, 2.24) is 25.5 Å². The van der Waals surface area contributed by atoms with Crippen LogP contribution in [0, 0.1) is 5.92 Å². The first-order valence-corrected chi connectivity index (χ1v) is 7.25. The molecule has 1 heterocycles. The molecule has 112 valence electrons. The molecule has 2 rings (SSSR count). The predicted octanol–water partition coefficient (Wildman–Crippen LogP) is 0.466. The molecule has 1 fully saturated rings. The Bertz CT molecular complexity index is 426. The summed E-state index contributed by atoms with van der Waals surface area (Å²) in [5.74, 6) is 0.0933. The molecule has 0 saturated heterocycles. The molecule has 0 bridgehead atoms. The van der Waals surface area contributed by atoms with Gasteiger partial charge in [-0.1, -0.05) is 33.1 Å². The number of hydrogen-bond donors (Lipinski definition) is 2. The number of carbonyl (C=O) groups excluding carboxylic acids is 1. The molecule has 1 aromatic heterocycles. The normalized spacial score (nSPS) is 19.8. The van der Waals surface area contributed by atoms with Crippen LogP contribution in [0.3, 0.4) is 0 Å². The Kier molecular flexibility index (Phi) is 4.69. The van der Waals surface area contributed by atoms with E-state index < -0.39 is 5.54 Å². The van der Waals surface area contributed by atoms with Crippen LogP contribution in [0.25, 0.3) is 0 Å². The maximum Gasteiger partial charge on any atom is 0.248 e. The van der Waals surface area contributed by atoms with E-state index in [1.54, 1.807) is 4.68 Å². The Hall–Kier alpha value is -1.50. The van der Waals surface area contributed by atoms with Crippen molar-refractivity contribution in [3.05, 3.63) is 6.33 Å². The minimum atomic E-state index is -0.704. The summed E-state index contributed by atoms with van der Waals surface area (Å²) in [4.78, 5) is 12.8. The molecule has 7 heteroatoms. The molecule has 1 atom stereocenters. The van der Waals surface area contributed by atoms with Crippen molar-refractivity contribution in [2.24, 2.45) is 5.92 Å². The molecule has 1 saturated carbocycles. The van der Waals surface area contributed by atoms with E-state index in [1.807, 2.05) is 13.8 Å². The molecular formula is C13H23N5O2. The zero-order valence-electron chi connectivity index (χ0n) is 12.1. The van der Waals surface area contributed by atoms with Gasteiger partial charge < -0.3 is 10.4 Å². The van der Waals surface area contributed by atoms with Gasteiger partial charge in [-0.25, -0.2) is 4.68 Å². The Morgan fingerprint density at radius 1 is 1.40 bits per heavy atom. The lowest BCUT2D eigenvalue weighted by molar-refractivity contribution is -0.133. The van der Waals surface area contributed by atoms with Crippen LogP contribution in [0.4, 0.5) is 0 Å². The monoisotopic (exact) mass is 281 g/mol. The summed E-state index contributed by atoms with van der Waals surface area (Å²) >= 11 is 0. The highest BCUT2D eigenvalue weighted by molar-refractivity contribution is 5.84. The highest BCUT2D eigenvalue weighted by atomic mass is 16.3. The third-order valence-corrected chi connectivity index (χ3v) is 4.21. The molecular weight excluding hydrogens is 258 g/mol. The largest absolute Gasteiger partial charge is 0.394 e. The minimum Gasteiger partial charge on any atom is -0.394 e. The molecule has 0 spiro atoms. The Morgan fingerprint density at radius 3 is 2.60 bits per heavy atom. The standard InChI is InChI=1S/C13H23N5O2/c1-10(2)11(8-19)15-12(20)13(6-4-3-5-7-13)18-9-14-16-17-18/h9-11,19H,3-8H2,1-2H3,(H,15,20)/t11-/m0/s1. The van der Waals surface area contributed by atoms with Gasteiger partial charge in [0.05, 0.1) is 12.6 Å². The van der Waals surface area contributed by atoms with Crippen LogP contribution >= 0.6 is 0 Å². The number of rotatable bonds is 5. The fourth-order valence-corrected chi connectivity index (χ4v) is 2.78. The molecule has 0 aromatic carbocycles. The number of tetrazole rings is 1. The summed E-state index contributed by atoms with van der Waals surface area (Å²) in [5, 5.41) is 23.6. The van der Waals surface area contributed by atoms with E-state index in [1.165, 1.54) is 6.33 Å². The number of aliphatic hydroxyl groups is 1. The van der Waals surface area contributed by atoms with Crippen molar-refractivity contribution in [2.45, 2.75) is 57.5 Å². The predicted molar refractivity (Wildman–Crippen MR) is 72.7 cm³/mol. The number of carbonyl (C=O) groups is 1.